The molecule has 234 valence electrons. The van der Waals surface area contributed by atoms with E-state index in [1.165, 1.54) is 13.0 Å². The number of allylic oxidation sites excluding steroid dienone is 1. The quantitative estimate of drug-likeness (QED) is 0.207. The molecule has 2 aliphatic rings. The van der Waals surface area contributed by atoms with Gasteiger partial charge in [-0.3, -0.25) is 23.8 Å². The minimum atomic E-state index is -4.82. The molecule has 43 heavy (non-hydrogen) atoms. The Kier molecular flexibility index (Phi) is 9.89. The van der Waals surface area contributed by atoms with Gasteiger partial charge in [0.15, 0.2) is 23.8 Å². The number of nitrogens with one attached hydrogen (secondary N) is 1. The van der Waals surface area contributed by atoms with Gasteiger partial charge < -0.3 is 19.1 Å². The number of hydrogen-bond acceptors (Lipinski definition) is 9. The molecule has 6 atom stereocenters. The molecule has 2 aromatic carbocycles. The van der Waals surface area contributed by atoms with E-state index in [-0.39, 0.29) is 5.75 Å². The van der Waals surface area contributed by atoms with Crippen LogP contribution < -0.4 is 9.61 Å². The summed E-state index contributed by atoms with van der Waals surface area (Å²) in [5.74, 6) is -2.67. The molecule has 0 bridgehead atoms. The molecule has 16 heteroatoms. The second kappa shape index (κ2) is 12.9. The minimum Gasteiger partial charge on any atom is -0.462 e. The summed E-state index contributed by atoms with van der Waals surface area (Å²) in [6.07, 6.45) is -11.6. The molecule has 0 spiro atoms. The molecule has 1 unspecified atom stereocenters. The highest BCUT2D eigenvalue weighted by atomic mass is 35.5. The molecule has 2 aliphatic heterocycles. The zero-order chi connectivity index (χ0) is 31.7. The molecular formula is C27H29ClF3N2O9P. The first kappa shape index (κ1) is 32.9. The molecule has 1 amide bonds. The Hall–Kier alpha value is -3.00. The molecule has 0 aromatic heterocycles. The molecule has 0 aliphatic carbocycles. The molecule has 2 heterocycles. The lowest BCUT2D eigenvalue weighted by molar-refractivity contribution is -0.199. The number of ketones is 1. The van der Waals surface area contributed by atoms with Crippen molar-refractivity contribution >= 4 is 47.8 Å². The molecular weight excluding hydrogens is 620 g/mol. The van der Waals surface area contributed by atoms with Crippen LogP contribution in [0.3, 0.4) is 0 Å². The molecule has 2 N–H and O–H groups in total. The van der Waals surface area contributed by atoms with Crippen LogP contribution in [0, 0.1) is 0 Å². The van der Waals surface area contributed by atoms with Crippen molar-refractivity contribution in [1.82, 2.24) is 9.99 Å². The Morgan fingerprint density at radius 3 is 2.56 bits per heavy atom. The van der Waals surface area contributed by atoms with Gasteiger partial charge in [0.1, 0.15) is 22.9 Å². The highest BCUT2D eigenvalue weighted by Crippen LogP contribution is 2.50. The highest BCUT2D eigenvalue weighted by Gasteiger charge is 2.63. The molecule has 1 fully saturated rings. The number of aliphatic hydroxyl groups excluding tert-OH is 1. The SMILES string of the molecule is CC(C)OC(=O)[C@H](C)NP(=O)(OC[C@@]1(C(F)F)O[C@@H](N2C=C(Cl)C(=O)CC2=O)[C@@H](F)[C@@H]1O)Oc1cccc2ccccc12. The summed E-state index contributed by atoms with van der Waals surface area (Å²) in [6.45, 7) is 2.99. The highest BCUT2D eigenvalue weighted by molar-refractivity contribution is 7.52. The third kappa shape index (κ3) is 6.89. The molecule has 1 saturated heterocycles. The Morgan fingerprint density at radius 2 is 1.88 bits per heavy atom. The van der Waals surface area contributed by atoms with Gasteiger partial charge in [-0.25, -0.2) is 17.7 Å². The van der Waals surface area contributed by atoms with Gasteiger partial charge in [-0.15, -0.1) is 0 Å². The topological polar surface area (TPSA) is 141 Å². The number of esters is 1. The van der Waals surface area contributed by atoms with Crippen LogP contribution in [0.4, 0.5) is 13.2 Å². The Labute approximate surface area is 249 Å². The number of rotatable bonds is 11. The Morgan fingerprint density at radius 1 is 1.21 bits per heavy atom. The van der Waals surface area contributed by atoms with Crippen molar-refractivity contribution in [3.05, 3.63) is 53.7 Å². The molecule has 0 radical (unpaired) electrons. The first-order chi connectivity index (χ1) is 20.2. The number of alkyl halides is 3. The second-order valence-electron chi connectivity index (χ2n) is 10.2. The lowest BCUT2D eigenvalue weighted by atomic mass is 9.97. The number of fused-ring (bicyclic) bond motifs is 1. The number of halogens is 4. The summed E-state index contributed by atoms with van der Waals surface area (Å²) in [7, 11) is -4.82. The maximum atomic E-state index is 15.3. The number of aliphatic hydroxyl groups is 1. The van der Waals surface area contributed by atoms with Crippen LogP contribution in [-0.4, -0.2) is 76.9 Å². The predicted octanol–water partition coefficient (Wildman–Crippen LogP) is 4.21. The number of amides is 1. The fourth-order valence-electron chi connectivity index (χ4n) is 4.46. The van der Waals surface area contributed by atoms with E-state index in [1.54, 1.807) is 50.2 Å². The van der Waals surface area contributed by atoms with E-state index in [0.29, 0.717) is 15.7 Å². The summed E-state index contributed by atoms with van der Waals surface area (Å²) in [4.78, 5) is 37.1. The van der Waals surface area contributed by atoms with E-state index in [0.717, 1.165) is 6.20 Å². The molecule has 0 saturated carbocycles. The van der Waals surface area contributed by atoms with Gasteiger partial charge in [0.05, 0.1) is 19.1 Å². The number of benzene rings is 2. The zero-order valence-corrected chi connectivity index (χ0v) is 24.8. The number of ether oxygens (including phenoxy) is 2. The Balaban J connectivity index is 1.66. The normalized spacial score (nSPS) is 26.5. The van der Waals surface area contributed by atoms with Gasteiger partial charge in [0.25, 0.3) is 6.43 Å². The molecule has 4 rings (SSSR count). The monoisotopic (exact) mass is 648 g/mol. The minimum absolute atomic E-state index is 0.0121. The van der Waals surface area contributed by atoms with E-state index < -0.39 is 86.1 Å². The van der Waals surface area contributed by atoms with Gasteiger partial charge in [0, 0.05) is 11.6 Å². The first-order valence-electron chi connectivity index (χ1n) is 13.1. The molecule has 2 aromatic rings. The zero-order valence-electron chi connectivity index (χ0n) is 23.1. The largest absolute Gasteiger partial charge is 0.462 e. The second-order valence-corrected chi connectivity index (χ2v) is 12.3. The number of carbonyl (C=O) groups excluding carboxylic acids is 3. The van der Waals surface area contributed by atoms with Crippen LogP contribution in [0.15, 0.2) is 53.7 Å². The van der Waals surface area contributed by atoms with Crippen molar-refractivity contribution in [1.29, 1.82) is 0 Å². The van der Waals surface area contributed by atoms with E-state index in [2.05, 4.69) is 5.09 Å². The van der Waals surface area contributed by atoms with E-state index in [4.69, 9.17) is 30.1 Å². The van der Waals surface area contributed by atoms with Crippen molar-refractivity contribution in [2.24, 2.45) is 0 Å². The van der Waals surface area contributed by atoms with Gasteiger partial charge in [0.2, 0.25) is 5.91 Å². The summed E-state index contributed by atoms with van der Waals surface area (Å²) in [5.41, 5.74) is -3.17. The van der Waals surface area contributed by atoms with Crippen LogP contribution in [0.25, 0.3) is 10.8 Å². The lowest BCUT2D eigenvalue weighted by Gasteiger charge is -2.34. The van der Waals surface area contributed by atoms with Crippen molar-refractivity contribution < 1.29 is 55.7 Å². The molecule has 11 nitrogen and oxygen atoms in total. The van der Waals surface area contributed by atoms with E-state index in [9.17, 15) is 32.8 Å². The van der Waals surface area contributed by atoms with Gasteiger partial charge in [-0.2, -0.15) is 5.09 Å². The van der Waals surface area contributed by atoms with Crippen LogP contribution in [0.2, 0.25) is 0 Å². The van der Waals surface area contributed by atoms with Crippen molar-refractivity contribution in [3.8, 4) is 5.75 Å². The van der Waals surface area contributed by atoms with Gasteiger partial charge >= 0.3 is 13.7 Å². The third-order valence-electron chi connectivity index (χ3n) is 6.66. The average molecular weight is 649 g/mol. The first-order valence-corrected chi connectivity index (χ1v) is 15.0. The standard InChI is InChI=1S/C27H29ClF3N2O9P/c1-14(2)40-25(37)15(3)32-43(38,42-20-10-6-8-16-7-4-5-9-17(16)20)39-13-27(26(30)31)23(36)22(29)24(41-27)33-12-18(28)19(34)11-21(33)35/h4-10,12,14-15,22-24,26,36H,11,13H2,1-3H3,(H,32,38)/t15-,22-,23-,24+,27+,43?/m0/s1. The average Bonchev–Trinajstić information content (AvgIpc) is 3.20. The predicted molar refractivity (Wildman–Crippen MR) is 147 cm³/mol. The third-order valence-corrected chi connectivity index (χ3v) is 8.58. The van der Waals surface area contributed by atoms with Gasteiger partial charge in [-0.05, 0) is 32.2 Å². The summed E-state index contributed by atoms with van der Waals surface area (Å²) in [5, 5.41) is 13.6. The Bertz CT molecular complexity index is 1470. The summed E-state index contributed by atoms with van der Waals surface area (Å²) in [6, 6.07) is 10.2. The lowest BCUT2D eigenvalue weighted by Crippen LogP contribution is -2.52. The fourth-order valence-corrected chi connectivity index (χ4v) is 6.18. The van der Waals surface area contributed by atoms with Crippen molar-refractivity contribution in [2.45, 2.75) is 69.9 Å². The van der Waals surface area contributed by atoms with Crippen LogP contribution in [0.1, 0.15) is 27.2 Å². The van der Waals surface area contributed by atoms with Crippen LogP contribution in [-0.2, 0) is 32.9 Å². The summed E-state index contributed by atoms with van der Waals surface area (Å²) >= 11 is 5.77. The maximum Gasteiger partial charge on any atom is 0.459 e. The van der Waals surface area contributed by atoms with Crippen molar-refractivity contribution in [3.63, 3.8) is 0 Å². The fraction of sp³-hybridized carbons (Fsp3) is 0.444. The number of Topliss-reactive ketones (excluding diaryl/α,β-unsaturated/α-hetero) is 1. The van der Waals surface area contributed by atoms with Gasteiger partial charge in [-0.1, -0.05) is 48.0 Å². The number of hydrogen-bond donors (Lipinski definition) is 2. The van der Waals surface area contributed by atoms with E-state index >= 15 is 4.39 Å². The van der Waals surface area contributed by atoms with Crippen LogP contribution >= 0.6 is 19.3 Å². The number of carbonyl (C=O) groups is 3. The van der Waals surface area contributed by atoms with Crippen molar-refractivity contribution in [2.75, 3.05) is 6.61 Å². The van der Waals surface area contributed by atoms with Crippen LogP contribution in [0.5, 0.6) is 5.75 Å². The van der Waals surface area contributed by atoms with E-state index in [1.807, 2.05) is 0 Å². The summed E-state index contributed by atoms with van der Waals surface area (Å²) < 4.78 is 80.0. The number of nitrogens with zero attached hydrogens (tertiary/aromatic N) is 1. The maximum absolute atomic E-state index is 15.3. The smallest absolute Gasteiger partial charge is 0.459 e.